The number of benzene rings is 4. The summed E-state index contributed by atoms with van der Waals surface area (Å²) in [6, 6.07) is 27.6. The zero-order valence-corrected chi connectivity index (χ0v) is 22.4. The van der Waals surface area contributed by atoms with Gasteiger partial charge < -0.3 is 14.8 Å². The van der Waals surface area contributed by atoms with Crippen LogP contribution in [-0.4, -0.2) is 32.9 Å². The topological polar surface area (TPSA) is 106 Å². The molecule has 0 saturated carbocycles. The molecule has 5 rings (SSSR count). The van der Waals surface area contributed by atoms with Gasteiger partial charge in [-0.05, 0) is 48.9 Å². The third kappa shape index (κ3) is 6.04. The van der Waals surface area contributed by atoms with Crippen molar-refractivity contribution in [2.45, 2.75) is 37.4 Å². The summed E-state index contributed by atoms with van der Waals surface area (Å²) in [6.07, 6.45) is -1.22. The first-order chi connectivity index (χ1) is 18.8. The zero-order chi connectivity index (χ0) is 27.4. The first-order valence-electron chi connectivity index (χ1n) is 12.6. The molecule has 2 N–H and O–H groups in total. The number of alkyl carbamates (subject to hydrolysis) is 1. The molecule has 4 aromatic carbocycles. The fraction of sp³-hybridized carbons (Fsp3) is 0.200. The molecule has 8 nitrogen and oxygen atoms in total. The molecule has 200 valence electrons. The molecule has 0 spiro atoms. The number of hydrogen-bond donors (Lipinski definition) is 2. The fourth-order valence-corrected chi connectivity index (χ4v) is 5.36. The predicted octanol–water partition coefficient (Wildman–Crippen LogP) is 5.47. The van der Waals surface area contributed by atoms with Crippen molar-refractivity contribution in [3.63, 3.8) is 0 Å². The van der Waals surface area contributed by atoms with E-state index in [4.69, 9.17) is 9.47 Å². The Morgan fingerprint density at radius 3 is 2.54 bits per heavy atom. The summed E-state index contributed by atoms with van der Waals surface area (Å²) in [6.45, 7) is 3.87. The summed E-state index contributed by atoms with van der Waals surface area (Å²) in [5.74, 6) is 0.557. The number of nitrogens with zero attached hydrogens (tertiary/aromatic N) is 1. The Hall–Kier alpha value is -4.37. The maximum absolute atomic E-state index is 12.8. The van der Waals surface area contributed by atoms with Crippen LogP contribution in [0.2, 0.25) is 0 Å². The Morgan fingerprint density at radius 2 is 1.72 bits per heavy atom. The van der Waals surface area contributed by atoms with E-state index in [9.17, 15) is 13.2 Å². The number of carbonyl (C=O) groups excluding carboxylic acids is 1. The summed E-state index contributed by atoms with van der Waals surface area (Å²) < 4.78 is 37.3. The fourth-order valence-electron chi connectivity index (χ4n) is 4.53. The summed E-state index contributed by atoms with van der Waals surface area (Å²) >= 11 is 0. The lowest BCUT2D eigenvalue weighted by Crippen LogP contribution is -2.40. The number of ether oxygens (including phenoxy) is 2. The van der Waals surface area contributed by atoms with Gasteiger partial charge in [-0.2, -0.15) is 18.4 Å². The Morgan fingerprint density at radius 1 is 1.00 bits per heavy atom. The molecule has 0 radical (unpaired) electrons. The Labute approximate surface area is 227 Å². The van der Waals surface area contributed by atoms with Crippen LogP contribution in [0.4, 0.5) is 4.79 Å². The molecular weight excluding hydrogens is 514 g/mol. The number of nitrogens with one attached hydrogen (secondary N) is 2. The first kappa shape index (κ1) is 26.2. The molecule has 0 bridgehead atoms. The first-order valence-corrected chi connectivity index (χ1v) is 14.1. The van der Waals surface area contributed by atoms with Crippen LogP contribution in [0.5, 0.6) is 5.75 Å². The molecule has 1 aliphatic rings. The van der Waals surface area contributed by atoms with E-state index in [-0.39, 0.29) is 17.9 Å². The van der Waals surface area contributed by atoms with Crippen molar-refractivity contribution in [2.75, 3.05) is 6.54 Å². The van der Waals surface area contributed by atoms with Crippen molar-refractivity contribution in [3.05, 3.63) is 108 Å². The van der Waals surface area contributed by atoms with Crippen LogP contribution in [0, 0.1) is 6.92 Å². The van der Waals surface area contributed by atoms with E-state index >= 15 is 0 Å². The molecule has 0 aromatic heterocycles. The van der Waals surface area contributed by atoms with Crippen molar-refractivity contribution >= 4 is 32.6 Å². The Balaban J connectivity index is 1.25. The summed E-state index contributed by atoms with van der Waals surface area (Å²) in [5, 5.41) is 9.12. The largest absolute Gasteiger partial charge is 0.487 e. The highest BCUT2D eigenvalue weighted by Gasteiger charge is 2.26. The van der Waals surface area contributed by atoms with E-state index < -0.39 is 28.3 Å². The van der Waals surface area contributed by atoms with E-state index in [0.29, 0.717) is 17.0 Å². The molecule has 39 heavy (non-hydrogen) atoms. The number of carbonyl (C=O) groups is 1. The minimum absolute atomic E-state index is 0.124. The number of sulfonamides is 1. The van der Waals surface area contributed by atoms with Gasteiger partial charge in [0, 0.05) is 17.5 Å². The van der Waals surface area contributed by atoms with Crippen LogP contribution in [0.3, 0.4) is 0 Å². The van der Waals surface area contributed by atoms with Crippen LogP contribution in [-0.2, 0) is 14.8 Å². The number of para-hydroxylation sites is 1. The highest BCUT2D eigenvalue weighted by molar-refractivity contribution is 7.89. The Bertz CT molecular complexity index is 1630. The van der Waals surface area contributed by atoms with Gasteiger partial charge in [-0.3, -0.25) is 0 Å². The van der Waals surface area contributed by atoms with E-state index in [1.54, 1.807) is 18.2 Å². The van der Waals surface area contributed by atoms with Gasteiger partial charge in [0.15, 0.2) is 0 Å². The van der Waals surface area contributed by atoms with Crippen molar-refractivity contribution < 1.29 is 22.7 Å². The molecule has 1 aliphatic heterocycles. The minimum Gasteiger partial charge on any atom is -0.487 e. The second kappa shape index (κ2) is 11.2. The highest BCUT2D eigenvalue weighted by atomic mass is 32.2. The van der Waals surface area contributed by atoms with Gasteiger partial charge in [-0.25, -0.2) is 4.79 Å². The summed E-state index contributed by atoms with van der Waals surface area (Å²) in [7, 11) is -3.85. The standard InChI is InChI=1S/C30H29N3O5S/c1-20-14-16-24(17-15-20)39(35,36)33-32-28-18-23(38-29-13-6-5-11-27(28)29)19-31-30(34)37-21(2)25-12-7-9-22-8-3-4-10-26(22)25/h3-17,21,23,33H,18-19H2,1-2H3,(H,31,34)/b32-28+/t21?,23-/m1/s1. The maximum Gasteiger partial charge on any atom is 0.407 e. The van der Waals surface area contributed by atoms with Gasteiger partial charge in [0.05, 0.1) is 17.2 Å². The Kier molecular flexibility index (Phi) is 7.51. The number of rotatable bonds is 7. The number of aryl methyl sites for hydroxylation is 1. The number of fused-ring (bicyclic) bond motifs is 2. The van der Waals surface area contributed by atoms with Crippen LogP contribution in [0.15, 0.2) is 101 Å². The second-order valence-corrected chi connectivity index (χ2v) is 11.1. The molecule has 1 unspecified atom stereocenters. The molecule has 0 aliphatic carbocycles. The minimum atomic E-state index is -3.85. The smallest absolute Gasteiger partial charge is 0.407 e. The van der Waals surface area contributed by atoms with E-state index in [1.807, 2.05) is 74.5 Å². The van der Waals surface area contributed by atoms with Gasteiger partial charge in [-0.1, -0.05) is 72.3 Å². The quantitative estimate of drug-likeness (QED) is 0.301. The maximum atomic E-state index is 12.8. The molecular formula is C30H29N3O5S. The van der Waals surface area contributed by atoms with E-state index in [1.165, 1.54) is 12.1 Å². The molecule has 0 saturated heterocycles. The molecule has 1 heterocycles. The van der Waals surface area contributed by atoms with Crippen LogP contribution < -0.4 is 14.9 Å². The average Bonchev–Trinajstić information content (AvgIpc) is 2.94. The average molecular weight is 544 g/mol. The summed E-state index contributed by atoms with van der Waals surface area (Å²) in [4.78, 5) is 15.1. The van der Waals surface area contributed by atoms with E-state index in [2.05, 4.69) is 15.2 Å². The van der Waals surface area contributed by atoms with Gasteiger partial charge in [-0.15, -0.1) is 0 Å². The van der Waals surface area contributed by atoms with Gasteiger partial charge in [0.1, 0.15) is 18.0 Å². The van der Waals surface area contributed by atoms with Gasteiger partial charge in [0.25, 0.3) is 10.0 Å². The van der Waals surface area contributed by atoms with Crippen LogP contribution in [0.1, 0.15) is 36.1 Å². The molecule has 2 atom stereocenters. The molecule has 4 aromatic rings. The van der Waals surface area contributed by atoms with Crippen molar-refractivity contribution in [3.8, 4) is 5.75 Å². The van der Waals surface area contributed by atoms with Crippen molar-refractivity contribution in [2.24, 2.45) is 5.10 Å². The third-order valence-electron chi connectivity index (χ3n) is 6.56. The molecule has 9 heteroatoms. The van der Waals surface area contributed by atoms with Gasteiger partial charge >= 0.3 is 6.09 Å². The molecule has 1 amide bonds. The summed E-state index contributed by atoms with van der Waals surface area (Å²) in [5.41, 5.74) is 3.07. The number of hydrazone groups is 1. The zero-order valence-electron chi connectivity index (χ0n) is 21.6. The lowest BCUT2D eigenvalue weighted by molar-refractivity contribution is 0.102. The van der Waals surface area contributed by atoms with Crippen molar-refractivity contribution in [1.29, 1.82) is 0 Å². The highest BCUT2D eigenvalue weighted by Crippen LogP contribution is 2.29. The lowest BCUT2D eigenvalue weighted by Gasteiger charge is -2.27. The van der Waals surface area contributed by atoms with Crippen LogP contribution in [0.25, 0.3) is 10.8 Å². The number of hydrogen-bond acceptors (Lipinski definition) is 6. The van der Waals surface area contributed by atoms with Crippen molar-refractivity contribution in [1.82, 2.24) is 10.1 Å². The normalized spacial score (nSPS) is 16.7. The third-order valence-corrected chi connectivity index (χ3v) is 7.79. The van der Waals surface area contributed by atoms with Crippen LogP contribution >= 0.6 is 0 Å². The van der Waals surface area contributed by atoms with E-state index in [0.717, 1.165) is 21.9 Å². The predicted molar refractivity (Wildman–Crippen MR) is 150 cm³/mol. The van der Waals surface area contributed by atoms with Gasteiger partial charge in [0.2, 0.25) is 0 Å². The SMILES string of the molecule is Cc1ccc(S(=O)(=O)N/N=C2\C[C@H](CNC(=O)OC(C)c3cccc4ccccc34)Oc3ccccc32)cc1. The second-order valence-electron chi connectivity index (χ2n) is 9.40. The number of amides is 1. The molecule has 0 fully saturated rings. The monoisotopic (exact) mass is 543 g/mol. The lowest BCUT2D eigenvalue weighted by atomic mass is 10.00.